The van der Waals surface area contributed by atoms with Gasteiger partial charge < -0.3 is 14.0 Å². The van der Waals surface area contributed by atoms with Crippen LogP contribution in [0.1, 0.15) is 71.3 Å². The molecule has 0 bridgehead atoms. The van der Waals surface area contributed by atoms with Crippen LogP contribution >= 0.6 is 0 Å². The summed E-state index contributed by atoms with van der Waals surface area (Å²) in [6, 6.07) is 7.72. The van der Waals surface area contributed by atoms with Crippen LogP contribution in [0, 0.1) is 18.8 Å². The number of hydrogen-bond acceptors (Lipinski definition) is 3. The lowest BCUT2D eigenvalue weighted by Gasteiger charge is -2.44. The Balaban J connectivity index is 2.83. The van der Waals surface area contributed by atoms with Crippen molar-refractivity contribution in [2.45, 2.75) is 98.6 Å². The molecule has 34 heavy (non-hydrogen) atoms. The molecule has 1 N–H and O–H groups in total. The highest BCUT2D eigenvalue weighted by Gasteiger charge is 2.47. The molecule has 2 aromatic rings. The van der Waals surface area contributed by atoms with E-state index in [1.54, 1.807) is 6.07 Å². The average molecular weight is 503 g/mol. The zero-order valence-electron chi connectivity index (χ0n) is 23.6. The number of hydrogen-bond donors (Lipinski definition) is 1. The zero-order chi connectivity index (χ0) is 26.4. The molecule has 2 aromatic carbocycles. The molecule has 0 aliphatic heterocycles. The SMILES string of the molecule is Cc1cccc2c(O[Si](C)(C)C(C)(C)C(C)C)c(C(=O)O)cc(O[Si](C)(C)C(C)(C)C(C)C)c12. The van der Waals surface area contributed by atoms with Crippen LogP contribution in [0.3, 0.4) is 0 Å². The second kappa shape index (κ2) is 9.34. The summed E-state index contributed by atoms with van der Waals surface area (Å²) in [6.07, 6.45) is 0. The van der Waals surface area contributed by atoms with Gasteiger partial charge in [-0.2, -0.15) is 0 Å². The molecule has 0 radical (unpaired) electrons. The van der Waals surface area contributed by atoms with E-state index in [4.69, 9.17) is 8.85 Å². The summed E-state index contributed by atoms with van der Waals surface area (Å²) in [7, 11) is -4.62. The normalized spacial score (nSPS) is 13.6. The van der Waals surface area contributed by atoms with Crippen LogP contribution in [0.5, 0.6) is 11.5 Å². The first-order valence-corrected chi connectivity index (χ1v) is 18.3. The van der Waals surface area contributed by atoms with Crippen molar-refractivity contribution in [1.82, 2.24) is 0 Å². The van der Waals surface area contributed by atoms with E-state index in [0.717, 1.165) is 16.3 Å². The Morgan fingerprint density at radius 3 is 1.79 bits per heavy atom. The third-order valence-corrected chi connectivity index (χ3v) is 18.0. The predicted octanol–water partition coefficient (Wildman–Crippen LogP) is 8.89. The lowest BCUT2D eigenvalue weighted by Crippen LogP contribution is -2.48. The van der Waals surface area contributed by atoms with E-state index in [2.05, 4.69) is 94.6 Å². The summed E-state index contributed by atoms with van der Waals surface area (Å²) in [6.45, 7) is 28.7. The number of aryl methyl sites for hydroxylation is 1. The molecule has 4 nitrogen and oxygen atoms in total. The number of aromatic carboxylic acids is 1. The van der Waals surface area contributed by atoms with Gasteiger partial charge in [0, 0.05) is 10.8 Å². The minimum Gasteiger partial charge on any atom is -0.543 e. The summed E-state index contributed by atoms with van der Waals surface area (Å²) < 4.78 is 13.6. The number of carboxylic acids is 1. The Morgan fingerprint density at radius 1 is 0.882 bits per heavy atom. The van der Waals surface area contributed by atoms with E-state index in [-0.39, 0.29) is 15.6 Å². The summed E-state index contributed by atoms with van der Waals surface area (Å²) in [5.74, 6) is 0.992. The van der Waals surface area contributed by atoms with Crippen molar-refractivity contribution in [3.8, 4) is 11.5 Å². The first-order valence-electron chi connectivity index (χ1n) is 12.5. The first-order chi connectivity index (χ1) is 15.3. The highest BCUT2D eigenvalue weighted by atomic mass is 28.4. The Labute approximate surface area is 209 Å². The predicted molar refractivity (Wildman–Crippen MR) is 150 cm³/mol. The van der Waals surface area contributed by atoms with Gasteiger partial charge in [0.1, 0.15) is 17.1 Å². The Bertz CT molecular complexity index is 1070. The topological polar surface area (TPSA) is 55.8 Å². The Hall–Kier alpha value is -1.80. The summed E-state index contributed by atoms with van der Waals surface area (Å²) in [4.78, 5) is 12.5. The Kier molecular flexibility index (Phi) is 7.81. The monoisotopic (exact) mass is 502 g/mol. The largest absolute Gasteiger partial charge is 0.543 e. The minimum atomic E-state index is -2.35. The van der Waals surface area contributed by atoms with E-state index in [0.29, 0.717) is 23.3 Å². The molecule has 0 unspecified atom stereocenters. The fraction of sp³-hybridized carbons (Fsp3) is 0.607. The first kappa shape index (κ1) is 28.4. The average Bonchev–Trinajstić information content (AvgIpc) is 2.68. The zero-order valence-corrected chi connectivity index (χ0v) is 25.6. The quantitative estimate of drug-likeness (QED) is 0.348. The van der Waals surface area contributed by atoms with E-state index >= 15 is 0 Å². The number of fused-ring (bicyclic) bond motifs is 1. The molecule has 0 saturated heterocycles. The van der Waals surface area contributed by atoms with Crippen molar-refractivity contribution >= 4 is 33.4 Å². The maximum absolute atomic E-state index is 12.5. The van der Waals surface area contributed by atoms with E-state index in [1.807, 2.05) is 12.1 Å². The smallest absolute Gasteiger partial charge is 0.339 e. The van der Waals surface area contributed by atoms with Crippen molar-refractivity contribution in [2.75, 3.05) is 0 Å². The number of rotatable bonds is 9. The van der Waals surface area contributed by atoms with Crippen LogP contribution in [0.4, 0.5) is 0 Å². The van der Waals surface area contributed by atoms with Gasteiger partial charge in [0.2, 0.25) is 0 Å². The van der Waals surface area contributed by atoms with Crippen LogP contribution in [-0.4, -0.2) is 27.7 Å². The second-order valence-corrected chi connectivity index (χ2v) is 21.6. The van der Waals surface area contributed by atoms with Gasteiger partial charge in [0.05, 0.1) is 0 Å². The second-order valence-electron chi connectivity index (χ2n) is 12.5. The summed E-state index contributed by atoms with van der Waals surface area (Å²) in [5, 5.41) is 12.0. The lowest BCUT2D eigenvalue weighted by molar-refractivity contribution is 0.0694. The third kappa shape index (κ3) is 4.94. The van der Waals surface area contributed by atoms with Crippen molar-refractivity contribution in [3.63, 3.8) is 0 Å². The maximum atomic E-state index is 12.5. The number of benzene rings is 2. The molecule has 0 saturated carbocycles. The molecule has 0 aliphatic rings. The van der Waals surface area contributed by atoms with Crippen LogP contribution in [0.25, 0.3) is 10.8 Å². The Morgan fingerprint density at radius 2 is 1.35 bits per heavy atom. The third-order valence-electron chi connectivity index (χ3n) is 9.23. The van der Waals surface area contributed by atoms with Gasteiger partial charge >= 0.3 is 5.97 Å². The lowest BCUT2D eigenvalue weighted by atomic mass is 9.99. The maximum Gasteiger partial charge on any atom is 0.339 e. The highest BCUT2D eigenvalue weighted by molar-refractivity contribution is 6.75. The molecular formula is C28H46O4Si2. The minimum absolute atomic E-state index is 0.00321. The van der Waals surface area contributed by atoms with Crippen LogP contribution in [-0.2, 0) is 0 Å². The molecule has 190 valence electrons. The van der Waals surface area contributed by atoms with Crippen LogP contribution in [0.2, 0.25) is 36.3 Å². The van der Waals surface area contributed by atoms with Gasteiger partial charge in [-0.15, -0.1) is 0 Å². The molecule has 0 heterocycles. The van der Waals surface area contributed by atoms with Crippen molar-refractivity contribution in [2.24, 2.45) is 11.8 Å². The molecule has 0 aromatic heterocycles. The van der Waals surface area contributed by atoms with Gasteiger partial charge in [0.15, 0.2) is 0 Å². The van der Waals surface area contributed by atoms with Gasteiger partial charge in [0.25, 0.3) is 16.6 Å². The van der Waals surface area contributed by atoms with Crippen molar-refractivity contribution < 1.29 is 18.8 Å². The van der Waals surface area contributed by atoms with Crippen molar-refractivity contribution in [1.29, 1.82) is 0 Å². The molecule has 0 fully saturated rings. The van der Waals surface area contributed by atoms with Crippen molar-refractivity contribution in [3.05, 3.63) is 35.4 Å². The molecule has 0 amide bonds. The fourth-order valence-electron chi connectivity index (χ4n) is 4.13. The fourth-order valence-corrected chi connectivity index (χ4v) is 8.88. The number of carbonyl (C=O) groups is 1. The molecular weight excluding hydrogens is 456 g/mol. The summed E-state index contributed by atoms with van der Waals surface area (Å²) in [5.41, 5.74) is 1.24. The molecule has 0 spiro atoms. The molecule has 0 atom stereocenters. The van der Waals surface area contributed by atoms with Gasteiger partial charge in [-0.1, -0.05) is 73.6 Å². The van der Waals surface area contributed by atoms with Gasteiger partial charge in [-0.3, -0.25) is 0 Å². The van der Waals surface area contributed by atoms with Gasteiger partial charge in [-0.25, -0.2) is 4.79 Å². The molecule has 2 rings (SSSR count). The summed E-state index contributed by atoms with van der Waals surface area (Å²) >= 11 is 0. The number of carboxylic acid groups (broad SMARTS) is 1. The molecule has 0 aliphatic carbocycles. The van der Waals surface area contributed by atoms with E-state index < -0.39 is 22.6 Å². The van der Waals surface area contributed by atoms with Gasteiger partial charge in [-0.05, 0) is 66.7 Å². The van der Waals surface area contributed by atoms with Crippen LogP contribution < -0.4 is 8.85 Å². The van der Waals surface area contributed by atoms with E-state index in [1.165, 1.54) is 0 Å². The molecule has 6 heteroatoms. The van der Waals surface area contributed by atoms with Crippen LogP contribution in [0.15, 0.2) is 24.3 Å². The highest BCUT2D eigenvalue weighted by Crippen LogP contribution is 2.50. The standard InChI is InChI=1S/C28H46O4Si2/c1-18(2)27(6,7)33(10,11)31-23-17-22(26(29)30)25(21-16-14-15-20(5)24(21)23)32-34(12,13)28(8,9)19(3)4/h14-19H,1-13H3,(H,29,30). The van der Waals surface area contributed by atoms with E-state index in [9.17, 15) is 9.90 Å².